The number of thioether (sulfide) groups is 1. The molecule has 3 N–H and O–H groups in total. The molecule has 0 radical (unpaired) electrons. The highest BCUT2D eigenvalue weighted by atomic mass is 35.5. The number of nitrogens with zero attached hydrogens (tertiary/aromatic N) is 1. The molecule has 0 atom stereocenters. The van der Waals surface area contributed by atoms with Gasteiger partial charge in [-0.2, -0.15) is 5.10 Å². The van der Waals surface area contributed by atoms with E-state index in [1.165, 1.54) is 17.7 Å². The summed E-state index contributed by atoms with van der Waals surface area (Å²) in [5, 5.41) is 13.8. The Balaban J connectivity index is 0.00000196. The fraction of sp³-hybridized carbons (Fsp3) is 0.474. The number of carbonyl (C=O) groups is 1. The van der Waals surface area contributed by atoms with E-state index in [-0.39, 0.29) is 23.1 Å². The van der Waals surface area contributed by atoms with Crippen LogP contribution in [0.4, 0.5) is 0 Å². The highest BCUT2D eigenvalue weighted by molar-refractivity contribution is 8.00. The van der Waals surface area contributed by atoms with Crippen molar-refractivity contribution in [2.24, 2.45) is 0 Å². The third-order valence-corrected chi connectivity index (χ3v) is 6.68. The predicted molar refractivity (Wildman–Crippen MR) is 107 cm³/mol. The van der Waals surface area contributed by atoms with Crippen LogP contribution in [0.15, 0.2) is 35.2 Å². The molecule has 4 rings (SSSR count). The molecule has 0 bridgehead atoms. The Bertz CT molecular complexity index is 743. The van der Waals surface area contributed by atoms with Crippen LogP contribution >= 0.6 is 24.2 Å². The quantitative estimate of drug-likeness (QED) is 0.730. The number of carbonyl (C=O) groups excluding carboxylic acids is 1. The number of rotatable bonds is 5. The average Bonchev–Trinajstić information content (AvgIpc) is 3.28. The van der Waals surface area contributed by atoms with Gasteiger partial charge in [-0.3, -0.25) is 9.89 Å². The van der Waals surface area contributed by atoms with Gasteiger partial charge in [0, 0.05) is 47.0 Å². The third-order valence-electron chi connectivity index (χ3n) is 5.18. The van der Waals surface area contributed by atoms with Gasteiger partial charge in [-0.05, 0) is 25.0 Å². The highest BCUT2D eigenvalue weighted by Gasteiger charge is 2.36. The van der Waals surface area contributed by atoms with E-state index in [2.05, 4.69) is 45.1 Å². The van der Waals surface area contributed by atoms with E-state index in [1.807, 2.05) is 17.8 Å². The van der Waals surface area contributed by atoms with Gasteiger partial charge in [-0.25, -0.2) is 0 Å². The number of nitrogens with one attached hydrogen (secondary N) is 3. The van der Waals surface area contributed by atoms with Gasteiger partial charge in [0.05, 0.1) is 0 Å². The summed E-state index contributed by atoms with van der Waals surface area (Å²) in [5.74, 6) is -0.0545. The topological polar surface area (TPSA) is 69.8 Å². The molecule has 0 spiro atoms. The van der Waals surface area contributed by atoms with Crippen LogP contribution in [0.3, 0.4) is 0 Å². The normalized spacial score (nSPS) is 18.0. The minimum atomic E-state index is -0.0545. The van der Waals surface area contributed by atoms with Crippen molar-refractivity contribution in [1.82, 2.24) is 20.8 Å². The summed E-state index contributed by atoms with van der Waals surface area (Å²) in [7, 11) is 0. The lowest BCUT2D eigenvalue weighted by Gasteiger charge is -2.28. The van der Waals surface area contributed by atoms with Gasteiger partial charge >= 0.3 is 0 Å². The number of aromatic amines is 1. The maximum Gasteiger partial charge on any atom is 0.272 e. The Hall–Kier alpha value is -1.50. The van der Waals surface area contributed by atoms with E-state index in [9.17, 15) is 4.79 Å². The summed E-state index contributed by atoms with van der Waals surface area (Å²) >= 11 is 1.91. The second kappa shape index (κ2) is 8.46. The average molecular weight is 393 g/mol. The first-order valence-corrected chi connectivity index (χ1v) is 9.87. The van der Waals surface area contributed by atoms with E-state index >= 15 is 0 Å². The molecule has 1 aliphatic carbocycles. The Morgan fingerprint density at radius 2 is 2.00 bits per heavy atom. The molecular formula is C19H25ClN4OS. The van der Waals surface area contributed by atoms with Crippen molar-refractivity contribution in [2.45, 2.75) is 48.3 Å². The van der Waals surface area contributed by atoms with Crippen molar-refractivity contribution >= 4 is 30.1 Å². The monoisotopic (exact) mass is 392 g/mol. The van der Waals surface area contributed by atoms with Gasteiger partial charge in [0.25, 0.3) is 5.91 Å². The summed E-state index contributed by atoms with van der Waals surface area (Å²) in [5.41, 5.74) is 2.68. The van der Waals surface area contributed by atoms with Crippen LogP contribution in [0.25, 0.3) is 0 Å². The largest absolute Gasteiger partial charge is 0.349 e. The zero-order chi connectivity index (χ0) is 17.1. The molecule has 1 amide bonds. The Morgan fingerprint density at radius 1 is 1.23 bits per heavy atom. The second-order valence-electron chi connectivity index (χ2n) is 6.94. The molecule has 1 fully saturated rings. The number of halogens is 1. The van der Waals surface area contributed by atoms with Crippen molar-refractivity contribution in [2.75, 3.05) is 13.1 Å². The molecule has 5 nitrogen and oxygen atoms in total. The predicted octanol–water partition coefficient (Wildman–Crippen LogP) is 3.31. The lowest BCUT2D eigenvalue weighted by atomic mass is 10.1. The van der Waals surface area contributed by atoms with E-state index in [0.717, 1.165) is 43.6 Å². The number of hydrogen-bond acceptors (Lipinski definition) is 4. The van der Waals surface area contributed by atoms with E-state index in [4.69, 9.17) is 0 Å². The van der Waals surface area contributed by atoms with Gasteiger partial charge < -0.3 is 10.6 Å². The third kappa shape index (κ3) is 4.08. The highest BCUT2D eigenvalue weighted by Crippen LogP contribution is 2.44. The van der Waals surface area contributed by atoms with Gasteiger partial charge in [-0.15, -0.1) is 24.2 Å². The van der Waals surface area contributed by atoms with Crippen LogP contribution in [0.2, 0.25) is 0 Å². The number of H-pyrrole nitrogens is 1. The molecule has 0 unspecified atom stereocenters. The zero-order valence-corrected chi connectivity index (χ0v) is 16.3. The minimum Gasteiger partial charge on any atom is -0.349 e. The minimum absolute atomic E-state index is 0. The van der Waals surface area contributed by atoms with Gasteiger partial charge in [-0.1, -0.05) is 31.0 Å². The number of benzene rings is 1. The Labute approximate surface area is 164 Å². The van der Waals surface area contributed by atoms with Crippen molar-refractivity contribution in [3.05, 3.63) is 47.3 Å². The maximum absolute atomic E-state index is 12.7. The van der Waals surface area contributed by atoms with Gasteiger partial charge in [0.1, 0.15) is 0 Å². The molecular weight excluding hydrogens is 368 g/mol. The number of aromatic nitrogens is 2. The van der Waals surface area contributed by atoms with Crippen LogP contribution in [0.5, 0.6) is 0 Å². The second-order valence-corrected chi connectivity index (χ2v) is 8.49. The lowest BCUT2D eigenvalue weighted by molar-refractivity contribution is 0.0943. The SMILES string of the molecule is Cl.O=C(NCC1(Sc2ccccc2)CCCC1)c1n[nH]c2c1CNCC2. The van der Waals surface area contributed by atoms with Crippen molar-refractivity contribution in [3.63, 3.8) is 0 Å². The number of amides is 1. The molecule has 140 valence electrons. The van der Waals surface area contributed by atoms with E-state index in [1.54, 1.807) is 0 Å². The summed E-state index contributed by atoms with van der Waals surface area (Å²) < 4.78 is 0.103. The van der Waals surface area contributed by atoms with Crippen LogP contribution in [-0.2, 0) is 13.0 Å². The summed E-state index contributed by atoms with van der Waals surface area (Å²) in [4.78, 5) is 14.0. The lowest BCUT2D eigenvalue weighted by Crippen LogP contribution is -2.39. The summed E-state index contributed by atoms with van der Waals surface area (Å²) in [6.07, 6.45) is 5.67. The molecule has 1 aromatic heterocycles. The molecule has 1 aromatic carbocycles. The molecule has 2 aromatic rings. The number of fused-ring (bicyclic) bond motifs is 1. The van der Waals surface area contributed by atoms with Gasteiger partial charge in [0.2, 0.25) is 0 Å². The smallest absolute Gasteiger partial charge is 0.272 e. The first-order chi connectivity index (χ1) is 12.3. The standard InChI is InChI=1S/C19H24N4OS.ClH/c24-18(17-15-12-20-11-8-16(15)22-23-17)21-13-19(9-4-5-10-19)25-14-6-2-1-3-7-14;/h1-3,6-7,20H,4-5,8-13H2,(H,21,24)(H,22,23);1H. The van der Waals surface area contributed by atoms with Crippen LogP contribution in [0, 0.1) is 0 Å². The van der Waals surface area contributed by atoms with E-state index in [0.29, 0.717) is 12.2 Å². The fourth-order valence-corrected chi connectivity index (χ4v) is 5.24. The Morgan fingerprint density at radius 3 is 2.77 bits per heavy atom. The summed E-state index contributed by atoms with van der Waals surface area (Å²) in [6, 6.07) is 10.5. The maximum atomic E-state index is 12.7. The molecule has 0 saturated heterocycles. The molecule has 2 heterocycles. The molecule has 2 aliphatic rings. The van der Waals surface area contributed by atoms with Crippen molar-refractivity contribution in [3.8, 4) is 0 Å². The van der Waals surface area contributed by atoms with E-state index < -0.39 is 0 Å². The first kappa shape index (κ1) is 19.3. The van der Waals surface area contributed by atoms with Crippen LogP contribution < -0.4 is 10.6 Å². The van der Waals surface area contributed by atoms with Crippen LogP contribution in [0.1, 0.15) is 47.4 Å². The molecule has 1 saturated carbocycles. The summed E-state index contributed by atoms with van der Waals surface area (Å²) in [6.45, 7) is 2.35. The number of hydrogen-bond donors (Lipinski definition) is 3. The molecule has 7 heteroatoms. The van der Waals surface area contributed by atoms with Crippen molar-refractivity contribution in [1.29, 1.82) is 0 Å². The van der Waals surface area contributed by atoms with Crippen LogP contribution in [-0.4, -0.2) is 33.9 Å². The first-order valence-electron chi connectivity index (χ1n) is 9.05. The molecule has 1 aliphatic heterocycles. The zero-order valence-electron chi connectivity index (χ0n) is 14.7. The Kier molecular flexibility index (Phi) is 6.27. The molecule has 26 heavy (non-hydrogen) atoms. The van der Waals surface area contributed by atoms with Gasteiger partial charge in [0.15, 0.2) is 5.69 Å². The fourth-order valence-electron chi connectivity index (χ4n) is 3.81. The van der Waals surface area contributed by atoms with Crippen molar-refractivity contribution < 1.29 is 4.79 Å².